The summed E-state index contributed by atoms with van der Waals surface area (Å²) in [6, 6.07) is 16.5. The van der Waals surface area contributed by atoms with Crippen molar-refractivity contribution in [1.29, 1.82) is 0 Å². The lowest BCUT2D eigenvalue weighted by atomic mass is 10.0. The van der Waals surface area contributed by atoms with Gasteiger partial charge in [-0.2, -0.15) is 18.2 Å². The van der Waals surface area contributed by atoms with Crippen molar-refractivity contribution >= 4 is 22.5 Å². The number of anilines is 1. The molecule has 2 aromatic heterocycles. The second kappa shape index (κ2) is 9.46. The molecular formula is C27H27F3N6O2. The smallest absolute Gasteiger partial charge is 0.381 e. The average Bonchev–Trinajstić information content (AvgIpc) is 3.45. The second-order valence-corrected chi connectivity index (χ2v) is 10.0. The monoisotopic (exact) mass is 524 g/mol. The first-order valence-corrected chi connectivity index (χ1v) is 12.6. The zero-order valence-electron chi connectivity index (χ0n) is 20.7. The van der Waals surface area contributed by atoms with Gasteiger partial charge in [0.1, 0.15) is 12.2 Å². The number of hydrogen-bond donors (Lipinski definition) is 2. The van der Waals surface area contributed by atoms with Crippen LogP contribution in [0.4, 0.5) is 18.9 Å². The highest BCUT2D eigenvalue weighted by atomic mass is 19.4. The molecule has 2 aromatic carbocycles. The first-order valence-electron chi connectivity index (χ1n) is 12.6. The van der Waals surface area contributed by atoms with E-state index in [1.165, 1.54) is 0 Å². The van der Waals surface area contributed by atoms with Gasteiger partial charge in [0.15, 0.2) is 5.82 Å². The van der Waals surface area contributed by atoms with E-state index < -0.39 is 12.7 Å². The number of amides is 1. The number of carbonyl (C=O) groups is 1. The average molecular weight is 525 g/mol. The van der Waals surface area contributed by atoms with Crippen LogP contribution in [0.25, 0.3) is 22.5 Å². The van der Waals surface area contributed by atoms with Gasteiger partial charge < -0.3 is 24.6 Å². The minimum absolute atomic E-state index is 0.0256. The summed E-state index contributed by atoms with van der Waals surface area (Å²) < 4.78 is 47.4. The minimum atomic E-state index is -4.45. The largest absolute Gasteiger partial charge is 0.406 e. The molecule has 3 heterocycles. The molecule has 0 unspecified atom stereocenters. The Morgan fingerprint density at radius 3 is 2.76 bits per heavy atom. The SMILES string of the molecule is CN1CC[C@@H](Nc2cccc3c2cc(-c2nc(CNC(=O)c4ccccc4)no2)n3CC(F)(F)F)[C@H]2C[C@@H]21. The summed E-state index contributed by atoms with van der Waals surface area (Å²) in [5.74, 6) is 0.357. The van der Waals surface area contributed by atoms with E-state index in [2.05, 4.69) is 32.7 Å². The number of piperidine rings is 1. The lowest BCUT2D eigenvalue weighted by Crippen LogP contribution is -2.38. The summed E-state index contributed by atoms with van der Waals surface area (Å²) in [4.78, 5) is 19.0. The topological polar surface area (TPSA) is 88.2 Å². The van der Waals surface area contributed by atoms with E-state index in [9.17, 15) is 18.0 Å². The van der Waals surface area contributed by atoms with Crippen LogP contribution in [-0.4, -0.2) is 57.4 Å². The van der Waals surface area contributed by atoms with Crippen molar-refractivity contribution < 1.29 is 22.5 Å². The Balaban J connectivity index is 1.28. The Bertz CT molecular complexity index is 1460. The Labute approximate surface area is 216 Å². The van der Waals surface area contributed by atoms with E-state index in [1.807, 2.05) is 6.07 Å². The number of carbonyl (C=O) groups excluding carboxylic acids is 1. The first kappa shape index (κ1) is 24.5. The van der Waals surface area contributed by atoms with Crippen LogP contribution in [0.1, 0.15) is 29.0 Å². The van der Waals surface area contributed by atoms with Crippen molar-refractivity contribution in [2.24, 2.45) is 5.92 Å². The standard InChI is InChI=1S/C27H27F3N6O2/c1-35-11-10-20(18-12-22(18)35)32-19-8-5-9-21-17(19)13-23(36(21)15-27(28,29)30)26-33-24(34-38-26)14-31-25(37)16-6-3-2-4-7-16/h2-9,13,18,20,22,32H,10-12,14-15H2,1H3,(H,31,37)/t18-,20-,22+/m1/s1. The minimum Gasteiger partial charge on any atom is -0.381 e. The number of nitrogens with one attached hydrogen (secondary N) is 2. The van der Waals surface area contributed by atoms with Crippen LogP contribution >= 0.6 is 0 Å². The van der Waals surface area contributed by atoms with E-state index in [0.29, 0.717) is 28.4 Å². The number of hydrogen-bond acceptors (Lipinski definition) is 6. The molecule has 1 aliphatic carbocycles. The van der Waals surface area contributed by atoms with Gasteiger partial charge in [0.05, 0.1) is 12.1 Å². The number of rotatable bonds is 7. The van der Waals surface area contributed by atoms with Gasteiger partial charge in [-0.3, -0.25) is 4.79 Å². The Morgan fingerprint density at radius 2 is 1.97 bits per heavy atom. The molecule has 2 N–H and O–H groups in total. The third kappa shape index (κ3) is 4.85. The maximum Gasteiger partial charge on any atom is 0.406 e. The summed E-state index contributed by atoms with van der Waals surface area (Å²) in [5, 5.41) is 10.9. The van der Waals surface area contributed by atoms with Gasteiger partial charge in [-0.1, -0.05) is 29.4 Å². The van der Waals surface area contributed by atoms with Crippen LogP contribution in [0.3, 0.4) is 0 Å². The third-order valence-electron chi connectivity index (χ3n) is 7.43. The molecule has 198 valence electrons. The van der Waals surface area contributed by atoms with Gasteiger partial charge in [0.25, 0.3) is 11.8 Å². The van der Waals surface area contributed by atoms with Crippen LogP contribution in [0, 0.1) is 5.92 Å². The van der Waals surface area contributed by atoms with Crippen LogP contribution in [0.5, 0.6) is 0 Å². The number of fused-ring (bicyclic) bond motifs is 2. The summed E-state index contributed by atoms with van der Waals surface area (Å²) in [7, 11) is 2.14. The highest BCUT2D eigenvalue weighted by Crippen LogP contribution is 2.44. The molecule has 11 heteroatoms. The van der Waals surface area contributed by atoms with E-state index in [0.717, 1.165) is 29.6 Å². The quantitative estimate of drug-likeness (QED) is 0.365. The summed E-state index contributed by atoms with van der Waals surface area (Å²) in [6.45, 7) is -0.237. The van der Waals surface area contributed by atoms with Gasteiger partial charge in [-0.15, -0.1) is 0 Å². The molecule has 0 radical (unpaired) electrons. The lowest BCUT2D eigenvalue weighted by molar-refractivity contribution is -0.139. The number of likely N-dealkylation sites (tertiary alicyclic amines) is 1. The summed E-state index contributed by atoms with van der Waals surface area (Å²) in [5.41, 5.74) is 1.87. The van der Waals surface area contributed by atoms with Crippen LogP contribution in [0.15, 0.2) is 59.1 Å². The van der Waals surface area contributed by atoms with E-state index >= 15 is 0 Å². The maximum absolute atomic E-state index is 13.6. The van der Waals surface area contributed by atoms with Crippen molar-refractivity contribution in [2.45, 2.75) is 44.2 Å². The van der Waals surface area contributed by atoms with E-state index in [4.69, 9.17) is 4.52 Å². The van der Waals surface area contributed by atoms with Crippen LogP contribution < -0.4 is 10.6 Å². The number of alkyl halides is 3. The Kier molecular flexibility index (Phi) is 6.10. The normalized spacial score (nSPS) is 21.3. The molecule has 1 saturated carbocycles. The van der Waals surface area contributed by atoms with Crippen molar-refractivity contribution in [3.8, 4) is 11.6 Å². The number of aromatic nitrogens is 3. The maximum atomic E-state index is 13.6. The number of halogens is 3. The number of nitrogens with zero attached hydrogens (tertiary/aromatic N) is 4. The third-order valence-corrected chi connectivity index (χ3v) is 7.43. The molecule has 38 heavy (non-hydrogen) atoms. The summed E-state index contributed by atoms with van der Waals surface area (Å²) in [6.07, 6.45) is -2.34. The molecule has 0 spiro atoms. The molecule has 6 rings (SSSR count). The number of benzene rings is 2. The molecular weight excluding hydrogens is 497 g/mol. The fraction of sp³-hybridized carbons (Fsp3) is 0.370. The van der Waals surface area contributed by atoms with E-state index in [-0.39, 0.29) is 35.9 Å². The van der Waals surface area contributed by atoms with Gasteiger partial charge in [0.2, 0.25) is 0 Å². The fourth-order valence-corrected chi connectivity index (χ4v) is 5.46. The highest BCUT2D eigenvalue weighted by molar-refractivity contribution is 5.96. The molecule has 2 fully saturated rings. The van der Waals surface area contributed by atoms with Crippen molar-refractivity contribution in [1.82, 2.24) is 24.9 Å². The van der Waals surface area contributed by atoms with Gasteiger partial charge in [0, 0.05) is 35.3 Å². The molecule has 2 aliphatic rings. The van der Waals surface area contributed by atoms with Crippen molar-refractivity contribution in [3.05, 3.63) is 66.0 Å². The highest BCUT2D eigenvalue weighted by Gasteiger charge is 2.48. The molecule has 1 aliphatic heterocycles. The Hall–Kier alpha value is -3.86. The predicted octanol–water partition coefficient (Wildman–Crippen LogP) is 4.69. The zero-order chi connectivity index (χ0) is 26.4. The Morgan fingerprint density at radius 1 is 1.16 bits per heavy atom. The molecule has 0 bridgehead atoms. The zero-order valence-corrected chi connectivity index (χ0v) is 20.7. The lowest BCUT2D eigenvalue weighted by Gasteiger charge is -2.29. The fourth-order valence-electron chi connectivity index (χ4n) is 5.46. The molecule has 1 saturated heterocycles. The van der Waals surface area contributed by atoms with Crippen molar-refractivity contribution in [3.63, 3.8) is 0 Å². The van der Waals surface area contributed by atoms with Crippen molar-refractivity contribution in [2.75, 3.05) is 18.9 Å². The molecule has 4 aromatic rings. The molecule has 3 atom stereocenters. The summed E-state index contributed by atoms with van der Waals surface area (Å²) >= 11 is 0. The molecule has 8 nitrogen and oxygen atoms in total. The molecule has 1 amide bonds. The van der Waals surface area contributed by atoms with Crippen LogP contribution in [0.2, 0.25) is 0 Å². The van der Waals surface area contributed by atoms with Gasteiger partial charge >= 0.3 is 6.18 Å². The second-order valence-electron chi connectivity index (χ2n) is 10.0. The van der Waals surface area contributed by atoms with Gasteiger partial charge in [-0.05, 0) is 56.1 Å². The van der Waals surface area contributed by atoms with Crippen LogP contribution in [-0.2, 0) is 13.1 Å². The van der Waals surface area contributed by atoms with E-state index in [1.54, 1.807) is 48.5 Å². The predicted molar refractivity (Wildman–Crippen MR) is 135 cm³/mol. The first-order chi connectivity index (χ1) is 18.3. The van der Waals surface area contributed by atoms with Gasteiger partial charge in [-0.25, -0.2) is 0 Å².